The molecule has 0 spiro atoms. The number of carbonyl (C=O) groups excluding carboxylic acids is 1. The lowest BCUT2D eigenvalue weighted by Crippen LogP contribution is -2.48. The zero-order chi connectivity index (χ0) is 21.4. The first-order chi connectivity index (χ1) is 15.1. The molecular weight excluding hydrogens is 480 g/mol. The fourth-order valence-electron chi connectivity index (χ4n) is 3.69. The van der Waals surface area contributed by atoms with Gasteiger partial charge in [-0.15, -0.1) is 11.3 Å². The van der Waals surface area contributed by atoms with E-state index >= 15 is 0 Å². The standard InChI is InChI=1S/C21H19BrN6O2S/c22-16-12-23-28(13-16)18-3-1-15(2-4-18)20(30)26-7-5-25(6-8-26)14-17-11-19(29)27-9-10-31-21(27)24-17/h1-4,9-13H,5-8,14H2. The van der Waals surface area contributed by atoms with E-state index in [1.165, 1.54) is 11.3 Å². The molecule has 5 rings (SSSR count). The van der Waals surface area contributed by atoms with Gasteiger partial charge in [0.05, 0.1) is 22.1 Å². The summed E-state index contributed by atoms with van der Waals surface area (Å²) >= 11 is 4.84. The van der Waals surface area contributed by atoms with Gasteiger partial charge >= 0.3 is 0 Å². The minimum atomic E-state index is -0.0546. The fourth-order valence-corrected chi connectivity index (χ4v) is 4.71. The van der Waals surface area contributed by atoms with Crippen molar-refractivity contribution < 1.29 is 4.79 Å². The number of amides is 1. The number of rotatable bonds is 4. The van der Waals surface area contributed by atoms with Crippen LogP contribution < -0.4 is 5.56 Å². The predicted octanol–water partition coefficient (Wildman–Crippen LogP) is 2.66. The van der Waals surface area contributed by atoms with E-state index < -0.39 is 0 Å². The van der Waals surface area contributed by atoms with Crippen molar-refractivity contribution in [3.63, 3.8) is 0 Å². The molecule has 0 saturated carbocycles. The number of benzene rings is 1. The van der Waals surface area contributed by atoms with Gasteiger partial charge in [0.25, 0.3) is 11.5 Å². The Bertz CT molecular complexity index is 1290. The molecule has 0 N–H and O–H groups in total. The molecule has 0 unspecified atom stereocenters. The number of fused-ring (bicyclic) bond motifs is 1. The first kappa shape index (κ1) is 20.1. The second-order valence-corrected chi connectivity index (χ2v) is 9.15. The number of carbonyl (C=O) groups is 1. The van der Waals surface area contributed by atoms with Crippen LogP contribution in [0.15, 0.2) is 63.6 Å². The number of halogens is 1. The molecule has 158 valence electrons. The number of hydrogen-bond donors (Lipinski definition) is 0. The maximum atomic E-state index is 12.9. The molecule has 0 aliphatic carbocycles. The molecule has 1 aliphatic heterocycles. The van der Waals surface area contributed by atoms with Crippen molar-refractivity contribution >= 4 is 38.1 Å². The summed E-state index contributed by atoms with van der Waals surface area (Å²) in [7, 11) is 0. The highest BCUT2D eigenvalue weighted by atomic mass is 79.9. The van der Waals surface area contributed by atoms with Gasteiger partial charge in [0.2, 0.25) is 0 Å². The third kappa shape index (κ3) is 4.18. The second-order valence-electron chi connectivity index (χ2n) is 7.36. The quantitative estimate of drug-likeness (QED) is 0.432. The van der Waals surface area contributed by atoms with E-state index in [0.717, 1.165) is 28.9 Å². The molecule has 0 bridgehead atoms. The summed E-state index contributed by atoms with van der Waals surface area (Å²) in [5.41, 5.74) is 2.29. The number of hydrogen-bond acceptors (Lipinski definition) is 6. The molecule has 1 aliphatic rings. The van der Waals surface area contributed by atoms with Crippen LogP contribution in [0.2, 0.25) is 0 Å². The minimum Gasteiger partial charge on any atom is -0.336 e. The molecule has 8 nitrogen and oxygen atoms in total. The van der Waals surface area contributed by atoms with Gasteiger partial charge in [-0.25, -0.2) is 9.67 Å². The Morgan fingerprint density at radius 2 is 1.90 bits per heavy atom. The molecule has 0 radical (unpaired) electrons. The third-order valence-corrected chi connectivity index (χ3v) is 6.50. The average molecular weight is 499 g/mol. The molecule has 0 atom stereocenters. The lowest BCUT2D eigenvalue weighted by Gasteiger charge is -2.34. The van der Waals surface area contributed by atoms with Gasteiger partial charge in [-0.1, -0.05) is 0 Å². The molecule has 1 amide bonds. The lowest BCUT2D eigenvalue weighted by atomic mass is 10.1. The van der Waals surface area contributed by atoms with Gasteiger partial charge in [0.1, 0.15) is 0 Å². The van der Waals surface area contributed by atoms with Crippen LogP contribution in [0, 0.1) is 0 Å². The lowest BCUT2D eigenvalue weighted by molar-refractivity contribution is 0.0627. The summed E-state index contributed by atoms with van der Waals surface area (Å²) in [5, 5.41) is 6.12. The molecule has 4 aromatic rings. The van der Waals surface area contributed by atoms with Crippen molar-refractivity contribution in [1.29, 1.82) is 0 Å². The SMILES string of the molecule is O=C(c1ccc(-n2cc(Br)cn2)cc1)N1CCN(Cc2cc(=O)n3ccsc3n2)CC1. The number of thiazole rings is 1. The molecule has 1 aromatic carbocycles. The Morgan fingerprint density at radius 1 is 1.13 bits per heavy atom. The van der Waals surface area contributed by atoms with Crippen molar-refractivity contribution in [2.24, 2.45) is 0 Å². The Balaban J connectivity index is 1.20. The normalized spacial score (nSPS) is 14.9. The summed E-state index contributed by atoms with van der Waals surface area (Å²) in [6.45, 7) is 3.40. The van der Waals surface area contributed by atoms with Crippen molar-refractivity contribution in [3.8, 4) is 5.69 Å². The van der Waals surface area contributed by atoms with E-state index in [-0.39, 0.29) is 11.5 Å². The molecule has 1 fully saturated rings. The number of aromatic nitrogens is 4. The van der Waals surface area contributed by atoms with E-state index in [1.807, 2.05) is 40.7 Å². The number of nitrogens with zero attached hydrogens (tertiary/aromatic N) is 6. The first-order valence-electron chi connectivity index (χ1n) is 9.85. The van der Waals surface area contributed by atoms with Crippen molar-refractivity contribution in [2.75, 3.05) is 26.2 Å². The Labute approximate surface area is 190 Å². The van der Waals surface area contributed by atoms with Crippen LogP contribution in [0.1, 0.15) is 16.1 Å². The summed E-state index contributed by atoms with van der Waals surface area (Å²) in [4.78, 5) is 34.5. The smallest absolute Gasteiger partial charge is 0.258 e. The van der Waals surface area contributed by atoms with Gasteiger partial charge in [-0.3, -0.25) is 18.9 Å². The summed E-state index contributed by atoms with van der Waals surface area (Å²) < 4.78 is 4.22. The van der Waals surface area contributed by atoms with Gasteiger partial charge in [0.15, 0.2) is 4.96 Å². The van der Waals surface area contributed by atoms with E-state index in [9.17, 15) is 9.59 Å². The third-order valence-electron chi connectivity index (χ3n) is 5.33. The number of piperazine rings is 1. The molecule has 31 heavy (non-hydrogen) atoms. The van der Waals surface area contributed by atoms with E-state index in [0.29, 0.717) is 30.2 Å². The van der Waals surface area contributed by atoms with E-state index in [4.69, 9.17) is 0 Å². The molecule has 4 heterocycles. The molecule has 3 aromatic heterocycles. The largest absolute Gasteiger partial charge is 0.336 e. The van der Waals surface area contributed by atoms with Gasteiger partial charge in [0, 0.05) is 62.1 Å². The van der Waals surface area contributed by atoms with Crippen LogP contribution >= 0.6 is 27.3 Å². The van der Waals surface area contributed by atoms with Crippen LogP contribution in [0.4, 0.5) is 0 Å². The molecule has 10 heteroatoms. The maximum absolute atomic E-state index is 12.9. The van der Waals surface area contributed by atoms with E-state index in [1.54, 1.807) is 27.5 Å². The monoisotopic (exact) mass is 498 g/mol. The average Bonchev–Trinajstić information content (AvgIpc) is 3.43. The molecular formula is C21H19BrN6O2S. The highest BCUT2D eigenvalue weighted by Gasteiger charge is 2.22. The fraction of sp³-hybridized carbons (Fsp3) is 0.238. The summed E-state index contributed by atoms with van der Waals surface area (Å²) in [5.74, 6) is 0.0317. The van der Waals surface area contributed by atoms with Crippen LogP contribution in [-0.2, 0) is 6.54 Å². The van der Waals surface area contributed by atoms with Gasteiger partial charge in [-0.05, 0) is 40.2 Å². The highest BCUT2D eigenvalue weighted by Crippen LogP contribution is 2.16. The maximum Gasteiger partial charge on any atom is 0.258 e. The van der Waals surface area contributed by atoms with E-state index in [2.05, 4.69) is 30.9 Å². The van der Waals surface area contributed by atoms with Crippen LogP contribution in [0.25, 0.3) is 10.6 Å². The topological polar surface area (TPSA) is 75.7 Å². The summed E-state index contributed by atoms with van der Waals surface area (Å²) in [6, 6.07) is 9.07. The molecule has 1 saturated heterocycles. The minimum absolute atomic E-state index is 0.0317. The zero-order valence-electron chi connectivity index (χ0n) is 16.5. The predicted molar refractivity (Wildman–Crippen MR) is 122 cm³/mol. The Kier molecular flexibility index (Phi) is 5.43. The van der Waals surface area contributed by atoms with Crippen LogP contribution in [0.5, 0.6) is 0 Å². The van der Waals surface area contributed by atoms with Gasteiger partial charge < -0.3 is 4.90 Å². The van der Waals surface area contributed by atoms with Crippen molar-refractivity contribution in [3.05, 3.63) is 80.4 Å². The highest BCUT2D eigenvalue weighted by molar-refractivity contribution is 9.10. The van der Waals surface area contributed by atoms with Crippen molar-refractivity contribution in [2.45, 2.75) is 6.54 Å². The van der Waals surface area contributed by atoms with Gasteiger partial charge in [-0.2, -0.15) is 5.10 Å². The second kappa shape index (κ2) is 8.37. The summed E-state index contributed by atoms with van der Waals surface area (Å²) in [6.07, 6.45) is 5.34. The first-order valence-corrected chi connectivity index (χ1v) is 11.5. The Hall–Kier alpha value is -2.82. The Morgan fingerprint density at radius 3 is 2.61 bits per heavy atom. The zero-order valence-corrected chi connectivity index (χ0v) is 18.9. The van der Waals surface area contributed by atoms with Crippen LogP contribution in [-0.4, -0.2) is 61.1 Å². The van der Waals surface area contributed by atoms with Crippen LogP contribution in [0.3, 0.4) is 0 Å². The van der Waals surface area contributed by atoms with Crippen molar-refractivity contribution in [1.82, 2.24) is 29.0 Å².